The molecule has 3 aromatic rings. The van der Waals surface area contributed by atoms with Gasteiger partial charge in [-0.15, -0.1) is 11.3 Å². The van der Waals surface area contributed by atoms with Crippen molar-refractivity contribution in [2.75, 3.05) is 5.32 Å². The van der Waals surface area contributed by atoms with Gasteiger partial charge in [-0.1, -0.05) is 6.42 Å². The first-order valence-electron chi connectivity index (χ1n) is 9.49. The van der Waals surface area contributed by atoms with Crippen molar-refractivity contribution in [1.29, 1.82) is 0 Å². The highest BCUT2D eigenvalue weighted by Gasteiger charge is 2.42. The molecule has 1 aromatic carbocycles. The Labute approximate surface area is 166 Å². The number of hydrogen-bond acceptors (Lipinski definition) is 6. The van der Waals surface area contributed by atoms with Crippen LogP contribution in [0, 0.1) is 0 Å². The number of hydrogen-bond donors (Lipinski definition) is 1. The van der Waals surface area contributed by atoms with Crippen molar-refractivity contribution in [2.45, 2.75) is 44.3 Å². The normalized spacial score (nSPS) is 17.0. The van der Waals surface area contributed by atoms with Gasteiger partial charge in [-0.25, -0.2) is 4.98 Å². The molecule has 6 nitrogen and oxygen atoms in total. The molecule has 0 bridgehead atoms. The number of nitrogens with one attached hydrogen (secondary N) is 1. The lowest BCUT2D eigenvalue weighted by Crippen LogP contribution is -2.40. The summed E-state index contributed by atoms with van der Waals surface area (Å²) < 4.78 is 17.5. The van der Waals surface area contributed by atoms with Crippen LogP contribution >= 0.6 is 11.3 Å². The van der Waals surface area contributed by atoms with Gasteiger partial charge in [0, 0.05) is 30.0 Å². The van der Waals surface area contributed by atoms with Crippen molar-refractivity contribution in [3.05, 3.63) is 47.7 Å². The third-order valence-electron chi connectivity index (χ3n) is 5.06. The molecule has 144 valence electrons. The molecule has 0 radical (unpaired) electrons. The first kappa shape index (κ1) is 17.3. The first-order valence-corrected chi connectivity index (χ1v) is 10.4. The van der Waals surface area contributed by atoms with Crippen LogP contribution in [0.5, 0.6) is 11.5 Å². The van der Waals surface area contributed by atoms with E-state index in [9.17, 15) is 4.79 Å². The molecule has 1 spiro atoms. The van der Waals surface area contributed by atoms with Crippen molar-refractivity contribution in [2.24, 2.45) is 0 Å². The van der Waals surface area contributed by atoms with E-state index in [1.54, 1.807) is 6.26 Å². The molecule has 3 heterocycles. The molecule has 1 aliphatic carbocycles. The van der Waals surface area contributed by atoms with Crippen molar-refractivity contribution in [3.8, 4) is 22.3 Å². The summed E-state index contributed by atoms with van der Waals surface area (Å²) in [6, 6.07) is 9.23. The minimum Gasteiger partial charge on any atom is -0.462 e. The number of anilines is 1. The van der Waals surface area contributed by atoms with Crippen LogP contribution in [0.1, 0.15) is 37.8 Å². The molecule has 1 aliphatic heterocycles. The van der Waals surface area contributed by atoms with E-state index >= 15 is 0 Å². The average Bonchev–Trinajstić information content (AvgIpc) is 3.41. The lowest BCUT2D eigenvalue weighted by atomic mass is 9.94. The Morgan fingerprint density at radius 3 is 2.82 bits per heavy atom. The monoisotopic (exact) mass is 396 g/mol. The number of benzene rings is 1. The predicted octanol–water partition coefficient (Wildman–Crippen LogP) is 5.02. The number of fused-ring (bicyclic) bond motifs is 1. The topological polar surface area (TPSA) is 73.6 Å². The highest BCUT2D eigenvalue weighted by molar-refractivity contribution is 7.13. The zero-order chi connectivity index (χ0) is 19.0. The Kier molecular flexibility index (Phi) is 4.31. The zero-order valence-electron chi connectivity index (χ0n) is 15.3. The smallest absolute Gasteiger partial charge is 0.251 e. The van der Waals surface area contributed by atoms with Crippen LogP contribution in [0.3, 0.4) is 0 Å². The Bertz CT molecular complexity index is 990. The molecular formula is C21H20N2O4S. The van der Waals surface area contributed by atoms with Gasteiger partial charge in [0.25, 0.3) is 5.79 Å². The van der Waals surface area contributed by atoms with Gasteiger partial charge in [0.1, 0.15) is 0 Å². The minimum absolute atomic E-state index is 0.123. The summed E-state index contributed by atoms with van der Waals surface area (Å²) in [7, 11) is 0. The molecule has 0 atom stereocenters. The lowest BCUT2D eigenvalue weighted by molar-refractivity contribution is -0.115. The van der Waals surface area contributed by atoms with E-state index in [0.717, 1.165) is 42.1 Å². The molecule has 0 saturated heterocycles. The predicted molar refractivity (Wildman–Crippen MR) is 106 cm³/mol. The van der Waals surface area contributed by atoms with Gasteiger partial charge >= 0.3 is 0 Å². The third-order valence-corrected chi connectivity index (χ3v) is 5.97. The number of thiazole rings is 1. The van der Waals surface area contributed by atoms with Gasteiger partial charge in [-0.3, -0.25) is 4.79 Å². The quantitative estimate of drug-likeness (QED) is 0.671. The first-order chi connectivity index (χ1) is 13.7. The molecule has 1 N–H and O–H groups in total. The van der Waals surface area contributed by atoms with Crippen molar-refractivity contribution in [1.82, 2.24) is 4.98 Å². The van der Waals surface area contributed by atoms with Crippen LogP contribution in [0.4, 0.5) is 5.69 Å². The maximum absolute atomic E-state index is 12.4. The molecule has 2 aromatic heterocycles. The summed E-state index contributed by atoms with van der Waals surface area (Å²) in [5.41, 5.74) is 1.41. The fourth-order valence-corrected chi connectivity index (χ4v) is 4.52. The molecule has 1 saturated carbocycles. The Balaban J connectivity index is 1.24. The number of carbonyl (C=O) groups excluding carboxylic acids is 1. The summed E-state index contributed by atoms with van der Waals surface area (Å²) in [5, 5.41) is 5.57. The number of carbonyl (C=O) groups is 1. The van der Waals surface area contributed by atoms with E-state index in [2.05, 4.69) is 10.3 Å². The second-order valence-electron chi connectivity index (χ2n) is 7.18. The number of rotatable bonds is 4. The fourth-order valence-electron chi connectivity index (χ4n) is 3.74. The Morgan fingerprint density at radius 1 is 1.14 bits per heavy atom. The van der Waals surface area contributed by atoms with Gasteiger partial charge < -0.3 is 19.2 Å². The van der Waals surface area contributed by atoms with E-state index in [1.165, 1.54) is 17.8 Å². The number of nitrogens with zero attached hydrogens (tertiary/aromatic N) is 1. The minimum atomic E-state index is -0.508. The second-order valence-corrected chi connectivity index (χ2v) is 8.04. The number of ether oxygens (including phenoxy) is 2. The van der Waals surface area contributed by atoms with Crippen LogP contribution in [0.25, 0.3) is 10.8 Å². The van der Waals surface area contributed by atoms with Crippen LogP contribution in [-0.4, -0.2) is 16.7 Å². The standard InChI is InChI=1S/C21H20N2O4S/c24-19(12-15-13-28-20(23-15)17-5-4-10-25-17)22-14-6-7-16-18(11-14)27-21(26-16)8-2-1-3-9-21/h4-7,10-11,13H,1-3,8-9,12H2,(H,22,24). The van der Waals surface area contributed by atoms with Crippen LogP contribution in [-0.2, 0) is 11.2 Å². The second kappa shape index (κ2) is 6.98. The maximum Gasteiger partial charge on any atom is 0.251 e. The van der Waals surface area contributed by atoms with Gasteiger partial charge in [0.2, 0.25) is 5.91 Å². The summed E-state index contributed by atoms with van der Waals surface area (Å²) in [5.74, 6) is 1.54. The van der Waals surface area contributed by atoms with Crippen LogP contribution in [0.2, 0.25) is 0 Å². The molecule has 1 amide bonds. The molecule has 1 fully saturated rings. The average molecular weight is 396 g/mol. The van der Waals surface area contributed by atoms with E-state index in [0.29, 0.717) is 17.2 Å². The zero-order valence-corrected chi connectivity index (χ0v) is 16.1. The molecular weight excluding hydrogens is 376 g/mol. The Hall–Kier alpha value is -2.80. The molecule has 0 unspecified atom stereocenters. The molecule has 7 heteroatoms. The highest BCUT2D eigenvalue weighted by Crippen LogP contribution is 2.46. The number of furan rings is 1. The Morgan fingerprint density at radius 2 is 2.00 bits per heavy atom. The SMILES string of the molecule is O=C(Cc1csc(-c2ccco2)n1)Nc1ccc2c(c1)OC1(CCCCC1)O2. The van der Waals surface area contributed by atoms with Gasteiger partial charge in [-0.2, -0.15) is 0 Å². The lowest BCUT2D eigenvalue weighted by Gasteiger charge is -2.31. The number of amides is 1. The van der Waals surface area contributed by atoms with E-state index < -0.39 is 5.79 Å². The third kappa shape index (κ3) is 3.38. The van der Waals surface area contributed by atoms with Crippen molar-refractivity contribution in [3.63, 3.8) is 0 Å². The summed E-state index contributed by atoms with van der Waals surface area (Å²) in [4.78, 5) is 16.9. The van der Waals surface area contributed by atoms with Crippen LogP contribution < -0.4 is 14.8 Å². The molecule has 2 aliphatic rings. The van der Waals surface area contributed by atoms with E-state index in [-0.39, 0.29) is 12.3 Å². The van der Waals surface area contributed by atoms with Crippen molar-refractivity contribution < 1.29 is 18.7 Å². The summed E-state index contributed by atoms with van der Waals surface area (Å²) in [6.07, 6.45) is 7.09. The highest BCUT2D eigenvalue weighted by atomic mass is 32.1. The molecule has 5 rings (SSSR count). The number of aromatic nitrogens is 1. The van der Waals surface area contributed by atoms with Gasteiger partial charge in [0.05, 0.1) is 18.4 Å². The summed E-state index contributed by atoms with van der Waals surface area (Å²) >= 11 is 1.46. The van der Waals surface area contributed by atoms with Gasteiger partial charge in [0.15, 0.2) is 22.3 Å². The van der Waals surface area contributed by atoms with E-state index in [4.69, 9.17) is 13.9 Å². The maximum atomic E-state index is 12.4. The largest absolute Gasteiger partial charge is 0.462 e. The van der Waals surface area contributed by atoms with Crippen LogP contribution in [0.15, 0.2) is 46.4 Å². The van der Waals surface area contributed by atoms with Crippen molar-refractivity contribution >= 4 is 22.9 Å². The summed E-state index contributed by atoms with van der Waals surface area (Å²) in [6.45, 7) is 0. The van der Waals surface area contributed by atoms with Gasteiger partial charge in [-0.05, 0) is 37.1 Å². The van der Waals surface area contributed by atoms with E-state index in [1.807, 2.05) is 35.7 Å². The molecule has 28 heavy (non-hydrogen) atoms. The fraction of sp³-hybridized carbons (Fsp3) is 0.333.